The standard InChI is InChI=1S/C26H35NO.2ClH.Ti/c1-19-8-5-10-20(11-6-9-19)24-13-7-12-21(25(24)28)18-27-23-16-14-22(15-17-23)26(2,3)4;;;/h7,12-20,28H,5-6,8-11H2,1-4H3;2*1H;/q;;;+2/p-2. The fourth-order valence-electron chi connectivity index (χ4n) is 4.23. The van der Waals surface area contributed by atoms with Crippen LogP contribution in [0, 0.1) is 5.92 Å². The molecule has 0 aromatic heterocycles. The minimum atomic E-state index is -0.556. The molecule has 0 saturated heterocycles. The van der Waals surface area contributed by atoms with E-state index in [0.29, 0.717) is 11.7 Å². The zero-order chi connectivity index (χ0) is 22.9. The number of rotatable bonds is 3. The fourth-order valence-corrected chi connectivity index (χ4v) is 4.23. The molecule has 0 spiro atoms. The van der Waals surface area contributed by atoms with Crippen molar-refractivity contribution >= 4 is 30.5 Å². The van der Waals surface area contributed by atoms with Crippen LogP contribution in [0.4, 0.5) is 5.69 Å². The fraction of sp³-hybridized carbons (Fsp3) is 0.500. The summed E-state index contributed by atoms with van der Waals surface area (Å²) in [6.07, 6.45) is 9.27. The van der Waals surface area contributed by atoms with Gasteiger partial charge in [-0.15, -0.1) is 0 Å². The number of para-hydroxylation sites is 1. The second-order valence-corrected chi connectivity index (χ2v) is 12.2. The Morgan fingerprint density at radius 3 is 2.10 bits per heavy atom. The van der Waals surface area contributed by atoms with E-state index in [9.17, 15) is 5.11 Å². The van der Waals surface area contributed by atoms with Gasteiger partial charge in [-0.1, -0.05) is 77.6 Å². The van der Waals surface area contributed by atoms with Crippen molar-refractivity contribution < 1.29 is 22.1 Å². The molecule has 2 nitrogen and oxygen atoms in total. The average Bonchev–Trinajstić information content (AvgIpc) is 2.70. The molecule has 168 valence electrons. The molecule has 1 fully saturated rings. The van der Waals surface area contributed by atoms with Gasteiger partial charge in [0, 0.05) is 11.8 Å². The molecule has 0 radical (unpaired) electrons. The summed E-state index contributed by atoms with van der Waals surface area (Å²) in [4.78, 5) is 4.61. The van der Waals surface area contributed by atoms with Gasteiger partial charge in [-0.3, -0.25) is 4.99 Å². The quantitative estimate of drug-likeness (QED) is 0.334. The summed E-state index contributed by atoms with van der Waals surface area (Å²) in [6.45, 7) is 9.00. The van der Waals surface area contributed by atoms with Gasteiger partial charge in [0.25, 0.3) is 0 Å². The average molecular weight is 496 g/mol. The number of nitrogens with zero attached hydrogens (tertiary/aromatic N) is 1. The Hall–Kier alpha value is -0.796. The molecule has 0 amide bonds. The van der Waals surface area contributed by atoms with Crippen LogP contribution in [0.25, 0.3) is 0 Å². The Kier molecular flexibility index (Phi) is 11.1. The molecule has 5 heteroatoms. The van der Waals surface area contributed by atoms with E-state index in [1.54, 1.807) is 6.21 Å². The molecule has 0 atom stereocenters. The first-order valence-electron chi connectivity index (χ1n) is 11.2. The Bertz CT molecular complexity index is 820. The normalized spacial score (nSPS) is 19.8. The van der Waals surface area contributed by atoms with Gasteiger partial charge in [0.2, 0.25) is 0 Å². The van der Waals surface area contributed by atoms with Gasteiger partial charge < -0.3 is 5.11 Å². The van der Waals surface area contributed by atoms with E-state index in [4.69, 9.17) is 18.6 Å². The summed E-state index contributed by atoms with van der Waals surface area (Å²) in [6, 6.07) is 14.5. The summed E-state index contributed by atoms with van der Waals surface area (Å²) in [5.74, 6) is 1.72. The summed E-state index contributed by atoms with van der Waals surface area (Å²) in [7, 11) is 9.78. The van der Waals surface area contributed by atoms with Crippen molar-refractivity contribution in [2.24, 2.45) is 10.9 Å². The van der Waals surface area contributed by atoms with Gasteiger partial charge in [-0.05, 0) is 59.4 Å². The van der Waals surface area contributed by atoms with Gasteiger partial charge in [-0.2, -0.15) is 0 Å². The monoisotopic (exact) mass is 495 g/mol. The van der Waals surface area contributed by atoms with Crippen molar-refractivity contribution in [1.82, 2.24) is 0 Å². The van der Waals surface area contributed by atoms with Crippen LogP contribution < -0.4 is 0 Å². The van der Waals surface area contributed by atoms with E-state index in [-0.39, 0.29) is 5.41 Å². The summed E-state index contributed by atoms with van der Waals surface area (Å²) in [5.41, 5.74) is 4.27. The minimum absolute atomic E-state index is 0.143. The number of halogens is 2. The molecule has 31 heavy (non-hydrogen) atoms. The number of aromatic hydroxyl groups is 1. The zero-order valence-corrected chi connectivity index (χ0v) is 22.2. The van der Waals surface area contributed by atoms with Crippen LogP contribution in [-0.4, -0.2) is 11.3 Å². The van der Waals surface area contributed by atoms with Crippen LogP contribution in [0.5, 0.6) is 5.75 Å². The van der Waals surface area contributed by atoms with E-state index < -0.39 is 17.0 Å². The Balaban J connectivity index is 0.00000107. The third kappa shape index (κ3) is 8.58. The first-order chi connectivity index (χ1) is 14.8. The van der Waals surface area contributed by atoms with Crippen LogP contribution in [0.1, 0.15) is 88.8 Å². The van der Waals surface area contributed by atoms with E-state index in [1.165, 1.54) is 44.1 Å². The number of benzene rings is 2. The molecule has 1 saturated carbocycles. The van der Waals surface area contributed by atoms with Crippen molar-refractivity contribution in [1.29, 1.82) is 0 Å². The van der Waals surface area contributed by atoms with Crippen LogP contribution in [-0.2, 0) is 22.4 Å². The second-order valence-electron chi connectivity index (χ2n) is 9.58. The first kappa shape index (κ1) is 26.5. The van der Waals surface area contributed by atoms with Gasteiger partial charge in [0.15, 0.2) is 0 Å². The van der Waals surface area contributed by atoms with Crippen molar-refractivity contribution in [3.63, 3.8) is 0 Å². The van der Waals surface area contributed by atoms with E-state index in [0.717, 1.165) is 22.7 Å². The first-order valence-corrected chi connectivity index (χ1v) is 15.5. The molecule has 1 aliphatic rings. The van der Waals surface area contributed by atoms with Crippen LogP contribution in [0.3, 0.4) is 0 Å². The van der Waals surface area contributed by atoms with Gasteiger partial charge in [-0.25, -0.2) is 0 Å². The second kappa shape index (κ2) is 13.0. The third-order valence-electron chi connectivity index (χ3n) is 6.12. The number of aliphatic imine (C=N–C) groups is 1. The molecule has 2 aromatic carbocycles. The maximum atomic E-state index is 10.9. The van der Waals surface area contributed by atoms with Gasteiger partial charge in [0.05, 0.1) is 5.69 Å². The predicted octanol–water partition coefficient (Wildman–Crippen LogP) is 8.89. The zero-order valence-electron chi connectivity index (χ0n) is 19.2. The topological polar surface area (TPSA) is 32.6 Å². The molecular formula is C26H35Cl2NOTi. The van der Waals surface area contributed by atoms with Gasteiger partial charge >= 0.3 is 35.6 Å². The number of phenolic OH excluding ortho intramolecular Hbond substituents is 1. The van der Waals surface area contributed by atoms with E-state index in [2.05, 4.69) is 57.0 Å². The molecule has 0 bridgehead atoms. The molecule has 0 heterocycles. The van der Waals surface area contributed by atoms with Crippen molar-refractivity contribution in [3.8, 4) is 5.75 Å². The number of phenols is 1. The van der Waals surface area contributed by atoms with E-state index in [1.807, 2.05) is 18.2 Å². The predicted molar refractivity (Wildman–Crippen MR) is 132 cm³/mol. The van der Waals surface area contributed by atoms with Crippen molar-refractivity contribution in [3.05, 3.63) is 59.2 Å². The van der Waals surface area contributed by atoms with Crippen LogP contribution in [0.15, 0.2) is 47.5 Å². The maximum absolute atomic E-state index is 10.9. The molecule has 0 aliphatic heterocycles. The van der Waals surface area contributed by atoms with E-state index >= 15 is 0 Å². The molecular weight excluding hydrogens is 461 g/mol. The summed E-state index contributed by atoms with van der Waals surface area (Å²) >= 11 is -0.556. The molecule has 0 unspecified atom stereocenters. The SMILES string of the molecule is CC1CCCC(c2cccc(C=Nc3ccc(C(C)(C)C)cc3)c2O)CCC1.[Cl][Ti][Cl]. The van der Waals surface area contributed by atoms with Crippen LogP contribution in [0.2, 0.25) is 0 Å². The number of hydrogen-bond acceptors (Lipinski definition) is 2. The van der Waals surface area contributed by atoms with Gasteiger partial charge in [0.1, 0.15) is 5.75 Å². The third-order valence-corrected chi connectivity index (χ3v) is 6.12. The van der Waals surface area contributed by atoms with Crippen LogP contribution >= 0.6 is 18.6 Å². The molecule has 1 aliphatic carbocycles. The molecule has 2 aromatic rings. The molecule has 1 N–H and O–H groups in total. The Labute approximate surface area is 205 Å². The summed E-state index contributed by atoms with van der Waals surface area (Å²) in [5, 5.41) is 10.9. The Morgan fingerprint density at radius 1 is 0.968 bits per heavy atom. The van der Waals surface area contributed by atoms with Crippen molar-refractivity contribution in [2.75, 3.05) is 0 Å². The Morgan fingerprint density at radius 2 is 1.55 bits per heavy atom. The summed E-state index contributed by atoms with van der Waals surface area (Å²) < 4.78 is 0. The number of hydrogen-bond donors (Lipinski definition) is 1. The van der Waals surface area contributed by atoms with Crippen molar-refractivity contribution in [2.45, 2.75) is 77.6 Å². The molecule has 3 rings (SSSR count).